The molecule has 1 rings (SSSR count). The van der Waals surface area contributed by atoms with Crippen molar-refractivity contribution in [1.82, 2.24) is 5.32 Å². The fraction of sp³-hybridized carbons (Fsp3) is 0.538. The van der Waals surface area contributed by atoms with E-state index in [0.717, 1.165) is 24.3 Å². The van der Waals surface area contributed by atoms with Crippen LogP contribution in [-0.2, 0) is 0 Å². The highest BCUT2D eigenvalue weighted by Crippen LogP contribution is 2.26. The molecule has 0 heterocycles. The second-order valence-electron chi connectivity index (χ2n) is 4.00. The average Bonchev–Trinajstić information content (AvgIpc) is 2.28. The Morgan fingerprint density at radius 2 is 2.06 bits per heavy atom. The first-order chi connectivity index (χ1) is 7.60. The predicted molar refractivity (Wildman–Crippen MR) is 67.4 cm³/mol. The number of nitrogens with one attached hydrogen (secondary N) is 1. The molecule has 0 amide bonds. The largest absolute Gasteiger partial charge is 0.375 e. The molecule has 3 heteroatoms. The van der Waals surface area contributed by atoms with Crippen molar-refractivity contribution in [3.05, 3.63) is 29.6 Å². The Morgan fingerprint density at radius 3 is 2.62 bits per heavy atom. The number of nitrogens with zero attached hydrogens (tertiary/aromatic N) is 1. The van der Waals surface area contributed by atoms with E-state index in [1.165, 1.54) is 6.07 Å². The van der Waals surface area contributed by atoms with E-state index in [2.05, 4.69) is 31.0 Å². The first-order valence-electron chi connectivity index (χ1n) is 5.84. The molecule has 1 aromatic rings. The van der Waals surface area contributed by atoms with Crippen LogP contribution in [0, 0.1) is 5.82 Å². The number of hydrogen-bond acceptors (Lipinski definition) is 2. The van der Waals surface area contributed by atoms with E-state index in [1.54, 1.807) is 6.07 Å². The lowest BCUT2D eigenvalue weighted by molar-refractivity contribution is 0.582. The maximum absolute atomic E-state index is 13.3. The molecule has 0 saturated heterocycles. The summed E-state index contributed by atoms with van der Waals surface area (Å²) in [6, 6.07) is 5.16. The molecule has 0 bridgehead atoms. The summed E-state index contributed by atoms with van der Waals surface area (Å²) in [6.07, 6.45) is 0. The van der Waals surface area contributed by atoms with Gasteiger partial charge in [-0.05, 0) is 44.2 Å². The molecule has 90 valence electrons. The Morgan fingerprint density at radius 1 is 1.38 bits per heavy atom. The van der Waals surface area contributed by atoms with Crippen LogP contribution in [0.4, 0.5) is 10.1 Å². The zero-order chi connectivity index (χ0) is 12.1. The van der Waals surface area contributed by atoms with E-state index in [1.807, 2.05) is 13.1 Å². The zero-order valence-corrected chi connectivity index (χ0v) is 10.5. The average molecular weight is 224 g/mol. The van der Waals surface area contributed by atoms with E-state index < -0.39 is 0 Å². The molecule has 0 fully saturated rings. The summed E-state index contributed by atoms with van der Waals surface area (Å²) >= 11 is 0. The van der Waals surface area contributed by atoms with Crippen LogP contribution in [0.2, 0.25) is 0 Å². The Bertz CT molecular complexity index is 339. The number of anilines is 1. The molecule has 0 aliphatic carbocycles. The molecule has 16 heavy (non-hydrogen) atoms. The number of hydrogen-bond donors (Lipinski definition) is 1. The van der Waals surface area contributed by atoms with Crippen LogP contribution in [-0.4, -0.2) is 20.1 Å². The van der Waals surface area contributed by atoms with Crippen LogP contribution >= 0.6 is 0 Å². The molecule has 0 radical (unpaired) electrons. The van der Waals surface area contributed by atoms with Crippen molar-refractivity contribution in [2.24, 2.45) is 0 Å². The molecule has 0 saturated carbocycles. The van der Waals surface area contributed by atoms with Gasteiger partial charge < -0.3 is 10.2 Å². The Hall–Kier alpha value is -1.09. The van der Waals surface area contributed by atoms with Gasteiger partial charge in [-0.3, -0.25) is 0 Å². The molecule has 1 aromatic carbocycles. The lowest BCUT2D eigenvalue weighted by atomic mass is 10.0. The Labute approximate surface area is 97.5 Å². The second kappa shape index (κ2) is 5.85. The van der Waals surface area contributed by atoms with Gasteiger partial charge in [-0.15, -0.1) is 0 Å². The first-order valence-corrected chi connectivity index (χ1v) is 5.84. The minimum absolute atomic E-state index is 0.171. The number of halogens is 1. The van der Waals surface area contributed by atoms with Crippen LogP contribution in [0.1, 0.15) is 32.4 Å². The summed E-state index contributed by atoms with van der Waals surface area (Å²) in [7, 11) is 2.02. The highest BCUT2D eigenvalue weighted by molar-refractivity contribution is 5.54. The fourth-order valence-electron chi connectivity index (χ4n) is 1.81. The second-order valence-corrected chi connectivity index (χ2v) is 4.00. The van der Waals surface area contributed by atoms with Crippen LogP contribution in [0.15, 0.2) is 18.2 Å². The van der Waals surface area contributed by atoms with Crippen LogP contribution in [0.3, 0.4) is 0 Å². The molecule has 1 unspecified atom stereocenters. The Balaban J connectivity index is 3.07. The van der Waals surface area contributed by atoms with Gasteiger partial charge in [0.2, 0.25) is 0 Å². The Kier molecular flexibility index (Phi) is 4.74. The lowest BCUT2D eigenvalue weighted by Gasteiger charge is -2.24. The van der Waals surface area contributed by atoms with Crippen molar-refractivity contribution >= 4 is 5.69 Å². The standard InChI is InChI=1S/C13H21FN2/c1-5-15-10(3)12-9-11(14)7-8-13(12)16(4)6-2/h7-10,15H,5-6H2,1-4H3. The molecule has 2 nitrogen and oxygen atoms in total. The van der Waals surface area contributed by atoms with Crippen molar-refractivity contribution in [1.29, 1.82) is 0 Å². The summed E-state index contributed by atoms with van der Waals surface area (Å²) in [6.45, 7) is 8.00. The molecule has 1 atom stereocenters. The summed E-state index contributed by atoms with van der Waals surface area (Å²) < 4.78 is 13.3. The third-order valence-corrected chi connectivity index (χ3v) is 2.85. The van der Waals surface area contributed by atoms with Gasteiger partial charge in [0.05, 0.1) is 0 Å². The molecular formula is C13H21FN2. The van der Waals surface area contributed by atoms with Crippen LogP contribution < -0.4 is 10.2 Å². The van der Waals surface area contributed by atoms with E-state index in [-0.39, 0.29) is 11.9 Å². The maximum atomic E-state index is 13.3. The summed E-state index contributed by atoms with van der Waals surface area (Å²) in [5.74, 6) is -0.173. The molecule has 0 aromatic heterocycles. The third kappa shape index (κ3) is 2.95. The van der Waals surface area contributed by atoms with Gasteiger partial charge in [0.1, 0.15) is 5.82 Å². The SMILES string of the molecule is CCNC(C)c1cc(F)ccc1N(C)CC. The summed E-state index contributed by atoms with van der Waals surface area (Å²) in [5, 5.41) is 3.32. The molecule has 0 spiro atoms. The van der Waals surface area contributed by atoms with Crippen molar-refractivity contribution in [2.45, 2.75) is 26.8 Å². The monoisotopic (exact) mass is 224 g/mol. The van der Waals surface area contributed by atoms with Crippen molar-refractivity contribution in [3.63, 3.8) is 0 Å². The minimum Gasteiger partial charge on any atom is -0.375 e. The number of benzene rings is 1. The first kappa shape index (κ1) is 13.0. The van der Waals surface area contributed by atoms with Crippen LogP contribution in [0.5, 0.6) is 0 Å². The number of rotatable bonds is 5. The third-order valence-electron chi connectivity index (χ3n) is 2.85. The van der Waals surface area contributed by atoms with Gasteiger partial charge in [-0.2, -0.15) is 0 Å². The molecule has 0 aliphatic rings. The smallest absolute Gasteiger partial charge is 0.123 e. The van der Waals surface area contributed by atoms with Gasteiger partial charge >= 0.3 is 0 Å². The molecule has 1 N–H and O–H groups in total. The van der Waals surface area contributed by atoms with Gasteiger partial charge in [0.25, 0.3) is 0 Å². The maximum Gasteiger partial charge on any atom is 0.123 e. The highest BCUT2D eigenvalue weighted by atomic mass is 19.1. The minimum atomic E-state index is -0.173. The topological polar surface area (TPSA) is 15.3 Å². The van der Waals surface area contributed by atoms with Gasteiger partial charge in [0.15, 0.2) is 0 Å². The fourth-order valence-corrected chi connectivity index (χ4v) is 1.81. The highest BCUT2D eigenvalue weighted by Gasteiger charge is 2.12. The summed E-state index contributed by atoms with van der Waals surface area (Å²) in [4.78, 5) is 2.13. The normalized spacial score (nSPS) is 12.6. The predicted octanol–water partition coefficient (Wildman–Crippen LogP) is 2.95. The summed E-state index contributed by atoms with van der Waals surface area (Å²) in [5.41, 5.74) is 2.11. The zero-order valence-electron chi connectivity index (χ0n) is 10.5. The van der Waals surface area contributed by atoms with E-state index in [9.17, 15) is 4.39 Å². The van der Waals surface area contributed by atoms with Gasteiger partial charge in [-0.1, -0.05) is 6.92 Å². The quantitative estimate of drug-likeness (QED) is 0.827. The van der Waals surface area contributed by atoms with Crippen molar-refractivity contribution < 1.29 is 4.39 Å². The molecular weight excluding hydrogens is 203 g/mol. The van der Waals surface area contributed by atoms with E-state index >= 15 is 0 Å². The van der Waals surface area contributed by atoms with E-state index in [4.69, 9.17) is 0 Å². The van der Waals surface area contributed by atoms with Gasteiger partial charge in [-0.25, -0.2) is 4.39 Å². The van der Waals surface area contributed by atoms with E-state index in [0.29, 0.717) is 0 Å². The lowest BCUT2D eigenvalue weighted by Crippen LogP contribution is -2.23. The van der Waals surface area contributed by atoms with Gasteiger partial charge in [0, 0.05) is 25.3 Å². The molecule has 0 aliphatic heterocycles. The van der Waals surface area contributed by atoms with Crippen molar-refractivity contribution in [2.75, 3.05) is 25.0 Å². The van der Waals surface area contributed by atoms with Crippen molar-refractivity contribution in [3.8, 4) is 0 Å². The van der Waals surface area contributed by atoms with Crippen LogP contribution in [0.25, 0.3) is 0 Å².